The molecule has 0 aromatic rings. The van der Waals surface area contributed by atoms with Crippen molar-refractivity contribution in [2.24, 2.45) is 0 Å². The fraction of sp³-hybridized carbons (Fsp3) is 0.727. The summed E-state index contributed by atoms with van der Waals surface area (Å²) in [5.41, 5.74) is 0. The highest BCUT2D eigenvalue weighted by molar-refractivity contribution is 5.86. The average molecular weight is 257 g/mol. The van der Waals surface area contributed by atoms with Crippen molar-refractivity contribution in [1.82, 2.24) is 15.1 Å². The Labute approximate surface area is 106 Å². The molecule has 1 unspecified atom stereocenters. The van der Waals surface area contributed by atoms with Crippen LogP contribution in [0.5, 0.6) is 0 Å². The molecule has 1 fully saturated rings. The number of hydrogen-bond acceptors (Lipinski definition) is 3. The van der Waals surface area contributed by atoms with Crippen LogP contribution in [0.15, 0.2) is 0 Å². The van der Waals surface area contributed by atoms with Crippen molar-refractivity contribution >= 4 is 17.9 Å². The third-order valence-electron chi connectivity index (χ3n) is 2.89. The van der Waals surface area contributed by atoms with Gasteiger partial charge in [-0.15, -0.1) is 0 Å². The van der Waals surface area contributed by atoms with Crippen LogP contribution in [0, 0.1) is 0 Å². The van der Waals surface area contributed by atoms with Crippen molar-refractivity contribution in [3.63, 3.8) is 0 Å². The Morgan fingerprint density at radius 3 is 2.33 bits per heavy atom. The Bertz CT molecular complexity index is 354. The zero-order valence-corrected chi connectivity index (χ0v) is 10.8. The number of carboxylic acids is 1. The third-order valence-corrected chi connectivity index (χ3v) is 2.89. The van der Waals surface area contributed by atoms with E-state index in [-0.39, 0.29) is 18.5 Å². The maximum Gasteiger partial charge on any atom is 0.326 e. The summed E-state index contributed by atoms with van der Waals surface area (Å²) in [4.78, 5) is 36.4. The molecule has 7 heteroatoms. The van der Waals surface area contributed by atoms with Crippen molar-refractivity contribution in [3.8, 4) is 0 Å². The number of nitrogens with zero attached hydrogens (tertiary/aromatic N) is 2. The molecule has 1 saturated carbocycles. The van der Waals surface area contributed by atoms with Crippen LogP contribution in [0.2, 0.25) is 0 Å². The molecular weight excluding hydrogens is 238 g/mol. The minimum atomic E-state index is -1.08. The maximum absolute atomic E-state index is 11.8. The monoisotopic (exact) mass is 257 g/mol. The van der Waals surface area contributed by atoms with Crippen molar-refractivity contribution in [1.29, 1.82) is 0 Å². The van der Waals surface area contributed by atoms with E-state index in [0.29, 0.717) is 0 Å². The van der Waals surface area contributed by atoms with Crippen LogP contribution in [0.3, 0.4) is 0 Å². The van der Waals surface area contributed by atoms with Gasteiger partial charge in [0, 0.05) is 20.1 Å². The summed E-state index contributed by atoms with van der Waals surface area (Å²) in [6, 6.07) is -1.17. The molecule has 0 bridgehead atoms. The second-order valence-electron chi connectivity index (χ2n) is 4.61. The lowest BCUT2D eigenvalue weighted by Crippen LogP contribution is -2.49. The van der Waals surface area contributed by atoms with Gasteiger partial charge in [-0.3, -0.25) is 4.79 Å². The predicted molar refractivity (Wildman–Crippen MR) is 64.1 cm³/mol. The smallest absolute Gasteiger partial charge is 0.326 e. The lowest BCUT2D eigenvalue weighted by Gasteiger charge is -2.27. The molecule has 1 rings (SSSR count). The first kappa shape index (κ1) is 14.3. The number of amides is 3. The number of nitrogens with one attached hydrogen (secondary N) is 1. The molecule has 0 aromatic heterocycles. The largest absolute Gasteiger partial charge is 0.480 e. The highest BCUT2D eigenvalue weighted by Gasteiger charge is 2.27. The molecule has 0 heterocycles. The lowest BCUT2D eigenvalue weighted by molar-refractivity contribution is -0.141. The van der Waals surface area contributed by atoms with Gasteiger partial charge < -0.3 is 20.2 Å². The van der Waals surface area contributed by atoms with E-state index in [4.69, 9.17) is 5.11 Å². The molecule has 2 N–H and O–H groups in total. The Kier molecular flexibility index (Phi) is 4.52. The summed E-state index contributed by atoms with van der Waals surface area (Å²) in [5.74, 6) is -1.30. The van der Waals surface area contributed by atoms with E-state index < -0.39 is 18.0 Å². The standard InChI is InChI=1S/C11H19N3O4/c1-7(10(16)17)14(3)11(18)13(2)6-9(15)12-8-4-5-8/h7-8H,4-6H2,1-3H3,(H,12,15)(H,16,17). The fourth-order valence-electron chi connectivity index (χ4n) is 1.38. The lowest BCUT2D eigenvalue weighted by atomic mass is 10.3. The normalized spacial score (nSPS) is 15.7. The van der Waals surface area contributed by atoms with Gasteiger partial charge in [0.25, 0.3) is 0 Å². The summed E-state index contributed by atoms with van der Waals surface area (Å²) in [6.07, 6.45) is 1.97. The Balaban J connectivity index is 2.43. The van der Waals surface area contributed by atoms with Crippen LogP contribution < -0.4 is 5.32 Å². The topological polar surface area (TPSA) is 90.0 Å². The van der Waals surface area contributed by atoms with E-state index in [0.717, 1.165) is 17.7 Å². The highest BCUT2D eigenvalue weighted by atomic mass is 16.4. The molecule has 7 nitrogen and oxygen atoms in total. The van der Waals surface area contributed by atoms with Gasteiger partial charge >= 0.3 is 12.0 Å². The van der Waals surface area contributed by atoms with Gasteiger partial charge in [0.15, 0.2) is 0 Å². The van der Waals surface area contributed by atoms with Crippen molar-refractivity contribution < 1.29 is 19.5 Å². The van der Waals surface area contributed by atoms with Gasteiger partial charge in [0.05, 0.1) is 0 Å². The zero-order chi connectivity index (χ0) is 13.9. The third kappa shape index (κ3) is 3.90. The van der Waals surface area contributed by atoms with Crippen LogP contribution in [-0.4, -0.2) is 65.5 Å². The average Bonchev–Trinajstić information content (AvgIpc) is 3.09. The number of urea groups is 1. The van der Waals surface area contributed by atoms with Crippen LogP contribution in [0.1, 0.15) is 19.8 Å². The van der Waals surface area contributed by atoms with Gasteiger partial charge in [-0.05, 0) is 19.8 Å². The minimum Gasteiger partial charge on any atom is -0.480 e. The van der Waals surface area contributed by atoms with Gasteiger partial charge in [-0.1, -0.05) is 0 Å². The summed E-state index contributed by atoms with van der Waals surface area (Å²) in [5, 5.41) is 11.6. The molecule has 1 aliphatic rings. The summed E-state index contributed by atoms with van der Waals surface area (Å²) >= 11 is 0. The van der Waals surface area contributed by atoms with Crippen molar-refractivity contribution in [2.75, 3.05) is 20.6 Å². The van der Waals surface area contributed by atoms with Crippen LogP contribution >= 0.6 is 0 Å². The number of rotatable bonds is 5. The molecular formula is C11H19N3O4. The highest BCUT2D eigenvalue weighted by Crippen LogP contribution is 2.18. The van der Waals surface area contributed by atoms with Gasteiger partial charge in [-0.2, -0.15) is 0 Å². The SMILES string of the molecule is CC(C(=O)O)N(C)C(=O)N(C)CC(=O)NC1CC1. The van der Waals surface area contributed by atoms with Crippen molar-refractivity contribution in [3.05, 3.63) is 0 Å². The first-order chi connectivity index (χ1) is 8.32. The molecule has 0 aliphatic heterocycles. The summed E-state index contributed by atoms with van der Waals surface area (Å²) in [7, 11) is 2.87. The molecule has 0 saturated heterocycles. The number of carbonyl (C=O) groups is 3. The molecule has 3 amide bonds. The molecule has 102 valence electrons. The van der Waals surface area contributed by atoms with E-state index in [1.54, 1.807) is 0 Å². The Morgan fingerprint density at radius 1 is 1.33 bits per heavy atom. The van der Waals surface area contributed by atoms with E-state index in [9.17, 15) is 14.4 Å². The fourth-order valence-corrected chi connectivity index (χ4v) is 1.38. The van der Waals surface area contributed by atoms with Gasteiger partial charge in [0.2, 0.25) is 5.91 Å². The van der Waals surface area contributed by atoms with Crippen LogP contribution in [0.25, 0.3) is 0 Å². The summed E-state index contributed by atoms with van der Waals surface area (Å²) in [6.45, 7) is 1.35. The number of carbonyl (C=O) groups excluding carboxylic acids is 2. The second kappa shape index (κ2) is 5.70. The van der Waals surface area contributed by atoms with E-state index in [1.807, 2.05) is 0 Å². The molecule has 1 aliphatic carbocycles. The van der Waals surface area contributed by atoms with Gasteiger partial charge in [-0.25, -0.2) is 9.59 Å². The summed E-state index contributed by atoms with van der Waals surface area (Å²) < 4.78 is 0. The van der Waals surface area contributed by atoms with E-state index >= 15 is 0 Å². The molecule has 18 heavy (non-hydrogen) atoms. The molecule has 0 aromatic carbocycles. The molecule has 1 atom stereocenters. The first-order valence-electron chi connectivity index (χ1n) is 5.83. The molecule has 0 spiro atoms. The number of aliphatic carboxylic acids is 1. The number of hydrogen-bond donors (Lipinski definition) is 2. The Morgan fingerprint density at radius 2 is 1.89 bits per heavy atom. The minimum absolute atomic E-state index is 0.0635. The number of carboxylic acid groups (broad SMARTS) is 1. The first-order valence-corrected chi connectivity index (χ1v) is 5.83. The predicted octanol–water partition coefficient (Wildman–Crippen LogP) is -0.278. The van der Waals surface area contributed by atoms with E-state index in [2.05, 4.69) is 5.32 Å². The zero-order valence-electron chi connectivity index (χ0n) is 10.8. The van der Waals surface area contributed by atoms with Crippen molar-refractivity contribution in [2.45, 2.75) is 31.8 Å². The maximum atomic E-state index is 11.8. The van der Waals surface area contributed by atoms with E-state index in [1.165, 1.54) is 25.9 Å². The van der Waals surface area contributed by atoms with Crippen LogP contribution in [-0.2, 0) is 9.59 Å². The quantitative estimate of drug-likeness (QED) is 0.709. The number of likely N-dealkylation sites (N-methyl/N-ethyl adjacent to an activating group) is 2. The second-order valence-corrected chi connectivity index (χ2v) is 4.61. The Hall–Kier alpha value is -1.79. The molecule has 0 radical (unpaired) electrons. The van der Waals surface area contributed by atoms with Gasteiger partial charge in [0.1, 0.15) is 12.6 Å². The van der Waals surface area contributed by atoms with Crippen LogP contribution in [0.4, 0.5) is 4.79 Å².